The van der Waals surface area contributed by atoms with E-state index in [9.17, 15) is 14.7 Å². The molecule has 0 bridgehead atoms. The van der Waals surface area contributed by atoms with Crippen LogP contribution in [0.1, 0.15) is 85.5 Å². The second kappa shape index (κ2) is 11.9. The number of anilines is 1. The number of hydrogen-bond acceptors (Lipinski definition) is 8. The molecule has 10 heteroatoms. The van der Waals surface area contributed by atoms with E-state index in [4.69, 9.17) is 42.1 Å². The first-order valence-corrected chi connectivity index (χ1v) is 16.8. The van der Waals surface area contributed by atoms with Crippen molar-refractivity contribution in [3.8, 4) is 28.7 Å². The molecular weight excluding hydrogens is 653 g/mol. The standard InChI is InChI=1S/C38H35Cl2NO7/c1-5-45-34(42)11-8-14-41-31-19-33-28(18-25(31)21(2)20-37(41,3)4)38(26-10-7-6-9-24(26)36(44)48-38)27-13-12-22(17-32(27)47-33)46-23-15-29(39)35(43)30(40)16-23/h6-7,9-10,12-13,15-19,21,43H,5,8,11,14,20H2,1-4H3. The van der Waals surface area contributed by atoms with Crippen LogP contribution in [0.25, 0.3) is 0 Å². The molecule has 48 heavy (non-hydrogen) atoms. The van der Waals surface area contributed by atoms with Crippen molar-refractivity contribution in [3.05, 3.63) is 105 Å². The molecule has 1 N–H and O–H groups in total. The van der Waals surface area contributed by atoms with Crippen LogP contribution >= 0.6 is 23.2 Å². The van der Waals surface area contributed by atoms with Crippen LogP contribution in [0.3, 0.4) is 0 Å². The Kier molecular flexibility index (Phi) is 8.00. The number of carbonyl (C=O) groups excluding carboxylic acids is 2. The molecule has 0 aliphatic carbocycles. The monoisotopic (exact) mass is 687 g/mol. The molecule has 8 nitrogen and oxygen atoms in total. The maximum Gasteiger partial charge on any atom is 0.340 e. The van der Waals surface area contributed by atoms with Crippen LogP contribution in [0, 0.1) is 0 Å². The molecule has 248 valence electrons. The predicted octanol–water partition coefficient (Wildman–Crippen LogP) is 9.49. The smallest absolute Gasteiger partial charge is 0.340 e. The van der Waals surface area contributed by atoms with Crippen molar-refractivity contribution in [2.45, 2.75) is 64.0 Å². The Morgan fingerprint density at radius 2 is 1.71 bits per heavy atom. The molecule has 0 fully saturated rings. The molecule has 1 spiro atoms. The molecule has 7 rings (SSSR count). The largest absolute Gasteiger partial charge is 0.505 e. The van der Waals surface area contributed by atoms with Crippen molar-refractivity contribution in [3.63, 3.8) is 0 Å². The van der Waals surface area contributed by atoms with Gasteiger partial charge in [-0.1, -0.05) is 48.3 Å². The normalized spacial score (nSPS) is 19.8. The van der Waals surface area contributed by atoms with E-state index < -0.39 is 11.6 Å². The summed E-state index contributed by atoms with van der Waals surface area (Å²) in [6, 6.07) is 19.9. The summed E-state index contributed by atoms with van der Waals surface area (Å²) < 4.78 is 24.4. The van der Waals surface area contributed by atoms with Crippen LogP contribution in [0.5, 0.6) is 28.7 Å². The molecular formula is C38H35Cl2NO7. The molecule has 4 aromatic rings. The number of carbonyl (C=O) groups is 2. The first kappa shape index (κ1) is 32.2. The lowest BCUT2D eigenvalue weighted by atomic mass is 9.74. The summed E-state index contributed by atoms with van der Waals surface area (Å²) >= 11 is 12.3. The summed E-state index contributed by atoms with van der Waals surface area (Å²) in [6.45, 7) is 9.47. The zero-order valence-corrected chi connectivity index (χ0v) is 28.6. The van der Waals surface area contributed by atoms with E-state index >= 15 is 0 Å². The maximum atomic E-state index is 13.5. The van der Waals surface area contributed by atoms with Gasteiger partial charge in [-0.25, -0.2) is 4.79 Å². The highest BCUT2D eigenvalue weighted by Gasteiger charge is 2.54. The number of esters is 2. The van der Waals surface area contributed by atoms with E-state index in [0.29, 0.717) is 60.1 Å². The number of phenols is 1. The number of fused-ring (bicyclic) bond motifs is 7. The summed E-state index contributed by atoms with van der Waals surface area (Å²) in [5.74, 6) is 1.13. The molecule has 3 aliphatic heterocycles. The Morgan fingerprint density at radius 1 is 0.979 bits per heavy atom. The Morgan fingerprint density at radius 3 is 2.46 bits per heavy atom. The molecule has 0 saturated heterocycles. The van der Waals surface area contributed by atoms with Gasteiger partial charge in [0.05, 0.1) is 22.2 Å². The quantitative estimate of drug-likeness (QED) is 0.192. The Bertz CT molecular complexity index is 1950. The van der Waals surface area contributed by atoms with Crippen LogP contribution in [-0.2, 0) is 19.9 Å². The van der Waals surface area contributed by atoms with Gasteiger partial charge in [-0.3, -0.25) is 4.79 Å². The minimum atomic E-state index is -1.25. The lowest BCUT2D eigenvalue weighted by Crippen LogP contribution is -2.49. The molecule has 3 heterocycles. The van der Waals surface area contributed by atoms with E-state index in [2.05, 4.69) is 31.7 Å². The summed E-state index contributed by atoms with van der Waals surface area (Å²) in [5.41, 5.74) is 3.33. The zero-order chi connectivity index (χ0) is 34.0. The number of phenolic OH excluding ortho intramolecular Hbond substituents is 1. The second-order valence-corrected chi connectivity index (χ2v) is 13.9. The molecule has 0 amide bonds. The number of hydrogen-bond donors (Lipinski definition) is 1. The van der Waals surface area contributed by atoms with Crippen molar-refractivity contribution >= 4 is 40.8 Å². The first-order chi connectivity index (χ1) is 22.9. The number of ether oxygens (including phenoxy) is 4. The van der Waals surface area contributed by atoms with Gasteiger partial charge >= 0.3 is 11.9 Å². The van der Waals surface area contributed by atoms with Crippen molar-refractivity contribution in [2.24, 2.45) is 0 Å². The van der Waals surface area contributed by atoms with Gasteiger partial charge in [-0.15, -0.1) is 0 Å². The van der Waals surface area contributed by atoms with Crippen LogP contribution < -0.4 is 14.4 Å². The molecule has 2 atom stereocenters. The summed E-state index contributed by atoms with van der Waals surface area (Å²) in [5, 5.41) is 10.1. The molecule has 0 aromatic heterocycles. The first-order valence-electron chi connectivity index (χ1n) is 16.1. The van der Waals surface area contributed by atoms with Crippen molar-refractivity contribution in [2.75, 3.05) is 18.1 Å². The minimum Gasteiger partial charge on any atom is -0.505 e. The van der Waals surface area contributed by atoms with Crippen LogP contribution in [0.4, 0.5) is 5.69 Å². The molecule has 4 aromatic carbocycles. The fraction of sp³-hybridized carbons (Fsp3) is 0.316. The SMILES string of the molecule is CCOC(=O)CCCN1c2cc3c(cc2C(C)CC1(C)C)C1(OC(=O)c2ccccc21)c1ccc(Oc2cc(Cl)c(O)c(Cl)c2)cc1O3. The van der Waals surface area contributed by atoms with Crippen LogP contribution in [0.2, 0.25) is 10.0 Å². The highest BCUT2D eigenvalue weighted by atomic mass is 35.5. The fourth-order valence-electron chi connectivity index (χ4n) is 7.47. The zero-order valence-electron chi connectivity index (χ0n) is 27.1. The van der Waals surface area contributed by atoms with Gasteiger partial charge < -0.3 is 29.0 Å². The average Bonchev–Trinajstić information content (AvgIpc) is 3.33. The number of nitrogens with zero attached hydrogens (tertiary/aromatic N) is 1. The highest BCUT2D eigenvalue weighted by Crippen LogP contribution is 2.59. The third-order valence-corrected chi connectivity index (χ3v) is 10.1. The van der Waals surface area contributed by atoms with E-state index in [1.165, 1.54) is 12.1 Å². The van der Waals surface area contributed by atoms with E-state index in [1.807, 2.05) is 37.3 Å². The van der Waals surface area contributed by atoms with Gasteiger partial charge in [0.25, 0.3) is 0 Å². The summed E-state index contributed by atoms with van der Waals surface area (Å²) in [6.07, 6.45) is 1.86. The lowest BCUT2D eigenvalue weighted by molar-refractivity contribution is -0.143. The fourth-order valence-corrected chi connectivity index (χ4v) is 7.93. The van der Waals surface area contributed by atoms with E-state index in [-0.39, 0.29) is 33.2 Å². The van der Waals surface area contributed by atoms with E-state index in [1.54, 1.807) is 18.2 Å². The molecule has 3 aliphatic rings. The lowest BCUT2D eigenvalue weighted by Gasteiger charge is -2.48. The number of aromatic hydroxyl groups is 1. The van der Waals surface area contributed by atoms with Gasteiger partial charge in [0.2, 0.25) is 0 Å². The number of benzene rings is 4. The minimum absolute atomic E-state index is 0.0581. The molecule has 2 unspecified atom stereocenters. The average molecular weight is 689 g/mol. The maximum absolute atomic E-state index is 13.5. The number of rotatable bonds is 7. The van der Waals surface area contributed by atoms with Crippen molar-refractivity contribution in [1.29, 1.82) is 0 Å². The number of halogens is 2. The van der Waals surface area contributed by atoms with Gasteiger partial charge in [0.1, 0.15) is 23.0 Å². The summed E-state index contributed by atoms with van der Waals surface area (Å²) in [4.78, 5) is 28.0. The van der Waals surface area contributed by atoms with Crippen LogP contribution in [0.15, 0.2) is 66.7 Å². The van der Waals surface area contributed by atoms with Gasteiger partial charge in [0, 0.05) is 65.1 Å². The van der Waals surface area contributed by atoms with E-state index in [0.717, 1.165) is 28.8 Å². The highest BCUT2D eigenvalue weighted by molar-refractivity contribution is 6.37. The topological polar surface area (TPSA) is 94.5 Å². The van der Waals surface area contributed by atoms with Gasteiger partial charge in [-0.2, -0.15) is 0 Å². The predicted molar refractivity (Wildman–Crippen MR) is 183 cm³/mol. The Balaban J connectivity index is 1.36. The van der Waals surface area contributed by atoms with Crippen molar-refractivity contribution in [1.82, 2.24) is 0 Å². The molecule has 0 radical (unpaired) electrons. The Hall–Kier alpha value is -4.40. The second-order valence-electron chi connectivity index (χ2n) is 13.1. The third-order valence-electron chi connectivity index (χ3n) is 9.48. The van der Waals surface area contributed by atoms with Gasteiger partial charge in [-0.05, 0) is 69.4 Å². The molecule has 0 saturated carbocycles. The van der Waals surface area contributed by atoms with Crippen LogP contribution in [-0.4, -0.2) is 35.7 Å². The van der Waals surface area contributed by atoms with Gasteiger partial charge in [0.15, 0.2) is 11.4 Å². The summed E-state index contributed by atoms with van der Waals surface area (Å²) in [7, 11) is 0. The van der Waals surface area contributed by atoms with Crippen molar-refractivity contribution < 1.29 is 33.6 Å². The Labute approximate surface area is 289 Å². The third kappa shape index (κ3) is 5.22.